The van der Waals surface area contributed by atoms with Crippen LogP contribution in [0.2, 0.25) is 0 Å². The van der Waals surface area contributed by atoms with Crippen LogP contribution in [0.3, 0.4) is 0 Å². The molecular weight excluding hydrogens is 364 g/mol. The van der Waals surface area contributed by atoms with Gasteiger partial charge in [-0.25, -0.2) is 0 Å². The van der Waals surface area contributed by atoms with Crippen molar-refractivity contribution in [2.45, 2.75) is 38.0 Å². The Kier molecular flexibility index (Phi) is 5.55. The van der Waals surface area contributed by atoms with E-state index in [4.69, 9.17) is 4.42 Å². The van der Waals surface area contributed by atoms with Gasteiger partial charge in [0.2, 0.25) is 5.91 Å². The first-order chi connectivity index (χ1) is 12.8. The van der Waals surface area contributed by atoms with E-state index in [0.717, 1.165) is 11.3 Å². The number of nitrogens with zero attached hydrogens (tertiary/aromatic N) is 3. The third-order valence-corrected chi connectivity index (χ3v) is 4.55. The summed E-state index contributed by atoms with van der Waals surface area (Å²) in [7, 11) is 0. The standard InChI is InChI=1S/C19H22N4O3S/c1-19(2,3)20-16(25)12-27-18-22-21-17(13-6-8-14(24)9-7-13)23(18)11-15-5-4-10-26-15/h4-10,24H,11-12H2,1-3H3,(H,20,25). The summed E-state index contributed by atoms with van der Waals surface area (Å²) in [6.45, 7) is 6.27. The minimum Gasteiger partial charge on any atom is -0.508 e. The number of aromatic nitrogens is 3. The smallest absolute Gasteiger partial charge is 0.230 e. The lowest BCUT2D eigenvalue weighted by Crippen LogP contribution is -2.41. The summed E-state index contributed by atoms with van der Waals surface area (Å²) >= 11 is 1.32. The van der Waals surface area contributed by atoms with Crippen LogP contribution in [0.25, 0.3) is 11.4 Å². The van der Waals surface area contributed by atoms with E-state index < -0.39 is 0 Å². The molecule has 0 aliphatic heterocycles. The van der Waals surface area contributed by atoms with Crippen molar-refractivity contribution in [2.75, 3.05) is 5.75 Å². The average Bonchev–Trinajstić information content (AvgIpc) is 3.23. The van der Waals surface area contributed by atoms with E-state index in [-0.39, 0.29) is 22.9 Å². The molecule has 0 saturated carbocycles. The summed E-state index contributed by atoms with van der Waals surface area (Å²) in [5, 5.41) is 21.6. The molecule has 0 bridgehead atoms. The molecule has 7 nitrogen and oxygen atoms in total. The second-order valence-corrected chi connectivity index (χ2v) is 8.05. The number of rotatable bonds is 6. The number of thioether (sulfide) groups is 1. The summed E-state index contributed by atoms with van der Waals surface area (Å²) in [5.74, 6) is 1.76. The molecule has 2 aromatic heterocycles. The zero-order valence-corrected chi connectivity index (χ0v) is 16.3. The lowest BCUT2D eigenvalue weighted by atomic mass is 10.1. The monoisotopic (exact) mass is 386 g/mol. The van der Waals surface area contributed by atoms with Gasteiger partial charge >= 0.3 is 0 Å². The molecule has 0 aliphatic carbocycles. The predicted octanol–water partition coefficient (Wildman–Crippen LogP) is 3.30. The van der Waals surface area contributed by atoms with Gasteiger partial charge in [0.05, 0.1) is 18.6 Å². The molecule has 0 saturated heterocycles. The van der Waals surface area contributed by atoms with Gasteiger partial charge in [-0.05, 0) is 57.2 Å². The number of hydrogen-bond donors (Lipinski definition) is 2. The van der Waals surface area contributed by atoms with Crippen molar-refractivity contribution in [1.29, 1.82) is 0 Å². The SMILES string of the molecule is CC(C)(C)NC(=O)CSc1nnc(-c2ccc(O)cc2)n1Cc1ccco1. The maximum Gasteiger partial charge on any atom is 0.230 e. The first-order valence-electron chi connectivity index (χ1n) is 8.50. The van der Waals surface area contributed by atoms with Crippen LogP contribution in [0, 0.1) is 0 Å². The molecule has 0 aliphatic rings. The Morgan fingerprint density at radius 1 is 1.22 bits per heavy atom. The number of aromatic hydroxyl groups is 1. The molecule has 0 fully saturated rings. The number of amides is 1. The number of phenolic OH excluding ortho intramolecular Hbond substituents is 1. The number of carbonyl (C=O) groups excluding carboxylic acids is 1. The summed E-state index contributed by atoms with van der Waals surface area (Å²) in [6, 6.07) is 10.5. The van der Waals surface area contributed by atoms with Crippen molar-refractivity contribution >= 4 is 17.7 Å². The van der Waals surface area contributed by atoms with Crippen molar-refractivity contribution in [3.8, 4) is 17.1 Å². The Morgan fingerprint density at radius 3 is 2.59 bits per heavy atom. The van der Waals surface area contributed by atoms with Crippen LogP contribution < -0.4 is 5.32 Å². The Labute approximate surface area is 161 Å². The highest BCUT2D eigenvalue weighted by Gasteiger charge is 2.19. The second-order valence-electron chi connectivity index (χ2n) is 7.11. The molecule has 0 atom stereocenters. The van der Waals surface area contributed by atoms with Crippen LogP contribution in [0.15, 0.2) is 52.2 Å². The molecule has 3 rings (SSSR count). The van der Waals surface area contributed by atoms with Crippen LogP contribution in [0.4, 0.5) is 0 Å². The van der Waals surface area contributed by atoms with E-state index in [1.165, 1.54) is 11.8 Å². The van der Waals surface area contributed by atoms with Gasteiger partial charge in [-0.3, -0.25) is 9.36 Å². The zero-order chi connectivity index (χ0) is 19.4. The van der Waals surface area contributed by atoms with Crippen molar-refractivity contribution < 1.29 is 14.3 Å². The van der Waals surface area contributed by atoms with E-state index >= 15 is 0 Å². The van der Waals surface area contributed by atoms with Gasteiger partial charge in [0.1, 0.15) is 11.5 Å². The molecule has 0 unspecified atom stereocenters. The normalized spacial score (nSPS) is 11.5. The Hall–Kier alpha value is -2.74. The highest BCUT2D eigenvalue weighted by molar-refractivity contribution is 7.99. The first kappa shape index (κ1) is 19.0. The molecule has 8 heteroatoms. The van der Waals surface area contributed by atoms with E-state index in [0.29, 0.717) is 17.5 Å². The highest BCUT2D eigenvalue weighted by Crippen LogP contribution is 2.26. The largest absolute Gasteiger partial charge is 0.508 e. The van der Waals surface area contributed by atoms with Gasteiger partial charge in [-0.1, -0.05) is 11.8 Å². The van der Waals surface area contributed by atoms with Gasteiger partial charge in [0.15, 0.2) is 11.0 Å². The van der Waals surface area contributed by atoms with Crippen LogP contribution in [-0.2, 0) is 11.3 Å². The molecule has 0 spiro atoms. The number of furan rings is 1. The number of nitrogens with one attached hydrogen (secondary N) is 1. The molecule has 2 heterocycles. The number of phenols is 1. The van der Waals surface area contributed by atoms with Gasteiger partial charge in [-0.15, -0.1) is 10.2 Å². The Bertz CT molecular complexity index is 896. The van der Waals surface area contributed by atoms with E-state index in [1.807, 2.05) is 37.5 Å². The molecule has 3 aromatic rings. The van der Waals surface area contributed by atoms with Crippen molar-refractivity contribution in [3.05, 3.63) is 48.4 Å². The van der Waals surface area contributed by atoms with Crippen LogP contribution >= 0.6 is 11.8 Å². The maximum absolute atomic E-state index is 12.1. The molecule has 142 valence electrons. The highest BCUT2D eigenvalue weighted by atomic mass is 32.2. The fraction of sp³-hybridized carbons (Fsp3) is 0.316. The fourth-order valence-corrected chi connectivity index (χ4v) is 3.24. The Morgan fingerprint density at radius 2 is 1.96 bits per heavy atom. The van der Waals surface area contributed by atoms with Gasteiger partial charge < -0.3 is 14.8 Å². The van der Waals surface area contributed by atoms with E-state index in [2.05, 4.69) is 15.5 Å². The summed E-state index contributed by atoms with van der Waals surface area (Å²) in [6.07, 6.45) is 1.61. The third-order valence-electron chi connectivity index (χ3n) is 3.58. The van der Waals surface area contributed by atoms with Gasteiger partial charge in [-0.2, -0.15) is 0 Å². The van der Waals surface area contributed by atoms with Crippen molar-refractivity contribution in [3.63, 3.8) is 0 Å². The molecule has 1 aromatic carbocycles. The lowest BCUT2D eigenvalue weighted by Gasteiger charge is -2.20. The quantitative estimate of drug-likeness (QED) is 0.632. The average molecular weight is 386 g/mol. The van der Waals surface area contributed by atoms with Crippen LogP contribution in [0.5, 0.6) is 5.75 Å². The molecule has 0 radical (unpaired) electrons. The zero-order valence-electron chi connectivity index (χ0n) is 15.5. The minimum atomic E-state index is -0.281. The lowest BCUT2D eigenvalue weighted by molar-refractivity contribution is -0.119. The number of hydrogen-bond acceptors (Lipinski definition) is 6. The maximum atomic E-state index is 12.1. The van der Waals surface area contributed by atoms with Gasteiger partial charge in [0, 0.05) is 11.1 Å². The van der Waals surface area contributed by atoms with Gasteiger partial charge in [0.25, 0.3) is 0 Å². The summed E-state index contributed by atoms with van der Waals surface area (Å²) < 4.78 is 7.36. The molecule has 27 heavy (non-hydrogen) atoms. The van der Waals surface area contributed by atoms with Crippen LogP contribution in [-0.4, -0.2) is 37.1 Å². The number of carbonyl (C=O) groups is 1. The molecule has 1 amide bonds. The predicted molar refractivity (Wildman–Crippen MR) is 104 cm³/mol. The summed E-state index contributed by atoms with van der Waals surface area (Å²) in [5.41, 5.74) is 0.536. The first-order valence-corrected chi connectivity index (χ1v) is 9.49. The minimum absolute atomic E-state index is 0.0637. The van der Waals surface area contributed by atoms with Crippen molar-refractivity contribution in [2.24, 2.45) is 0 Å². The number of benzene rings is 1. The van der Waals surface area contributed by atoms with E-state index in [1.54, 1.807) is 30.5 Å². The topological polar surface area (TPSA) is 93.2 Å². The Balaban J connectivity index is 1.84. The third kappa shape index (κ3) is 5.13. The van der Waals surface area contributed by atoms with Crippen LogP contribution in [0.1, 0.15) is 26.5 Å². The molecular formula is C19H22N4O3S. The summed E-state index contributed by atoms with van der Waals surface area (Å²) in [4.78, 5) is 12.1. The van der Waals surface area contributed by atoms with E-state index in [9.17, 15) is 9.90 Å². The van der Waals surface area contributed by atoms with Crippen molar-refractivity contribution in [1.82, 2.24) is 20.1 Å². The fourth-order valence-electron chi connectivity index (χ4n) is 2.50. The molecule has 2 N–H and O–H groups in total. The second kappa shape index (κ2) is 7.87.